The van der Waals surface area contributed by atoms with Crippen molar-refractivity contribution in [1.29, 1.82) is 0 Å². The van der Waals surface area contributed by atoms with Crippen LogP contribution in [0.3, 0.4) is 0 Å². The number of nitrogens with two attached hydrogens (primary N) is 1. The van der Waals surface area contributed by atoms with Gasteiger partial charge in [-0.3, -0.25) is 14.6 Å². The van der Waals surface area contributed by atoms with Crippen LogP contribution in [-0.2, 0) is 4.79 Å². The maximum absolute atomic E-state index is 12.2. The summed E-state index contributed by atoms with van der Waals surface area (Å²) in [6.07, 6.45) is 0.100. The summed E-state index contributed by atoms with van der Waals surface area (Å²) < 4.78 is 0. The Labute approximate surface area is 129 Å². The molecular weight excluding hydrogens is 315 g/mol. The molecule has 8 heteroatoms. The van der Waals surface area contributed by atoms with E-state index in [1.807, 2.05) is 0 Å². The molecule has 3 rings (SSSR count). The van der Waals surface area contributed by atoms with Crippen LogP contribution in [0.5, 0.6) is 0 Å². The highest BCUT2D eigenvalue weighted by molar-refractivity contribution is 6.35. The second-order valence-corrected chi connectivity index (χ2v) is 5.53. The smallest absolute Gasteiger partial charge is 0.258 e. The molecule has 0 bridgehead atoms. The lowest BCUT2D eigenvalue weighted by atomic mass is 9.87. The average Bonchev–Trinajstić information content (AvgIpc) is 2.36. The first-order valence-electron chi connectivity index (χ1n) is 6.10. The second-order valence-electron chi connectivity index (χ2n) is 4.68. The van der Waals surface area contributed by atoms with Gasteiger partial charge in [-0.15, -0.1) is 0 Å². The molecule has 0 spiro atoms. The summed E-state index contributed by atoms with van der Waals surface area (Å²) in [5.74, 6) is -0.628. The number of amides is 1. The summed E-state index contributed by atoms with van der Waals surface area (Å²) in [5, 5.41) is 3.43. The lowest BCUT2D eigenvalue weighted by molar-refractivity contribution is -0.116. The average molecular weight is 325 g/mol. The highest BCUT2D eigenvalue weighted by atomic mass is 35.5. The molecule has 0 saturated carbocycles. The van der Waals surface area contributed by atoms with Gasteiger partial charge in [0.25, 0.3) is 5.56 Å². The fourth-order valence-corrected chi connectivity index (χ4v) is 2.98. The molecule has 0 fully saturated rings. The maximum Gasteiger partial charge on any atom is 0.258 e. The van der Waals surface area contributed by atoms with Crippen molar-refractivity contribution in [1.82, 2.24) is 9.97 Å². The quantitative estimate of drug-likeness (QED) is 0.747. The fraction of sp³-hybridized carbons (Fsp3) is 0.154. The molecule has 6 nitrogen and oxygen atoms in total. The zero-order chi connectivity index (χ0) is 15.1. The van der Waals surface area contributed by atoms with Gasteiger partial charge in [0.05, 0.1) is 5.56 Å². The van der Waals surface area contributed by atoms with Gasteiger partial charge in [0.1, 0.15) is 5.82 Å². The van der Waals surface area contributed by atoms with E-state index in [2.05, 4.69) is 15.3 Å². The minimum atomic E-state index is -0.490. The first-order valence-corrected chi connectivity index (χ1v) is 6.86. The van der Waals surface area contributed by atoms with Crippen LogP contribution in [0.4, 0.5) is 11.8 Å². The fourth-order valence-electron chi connectivity index (χ4n) is 2.44. The number of halogens is 2. The molecule has 0 radical (unpaired) electrons. The molecule has 2 aromatic rings. The topological polar surface area (TPSA) is 101 Å². The lowest BCUT2D eigenvalue weighted by Gasteiger charge is -2.24. The predicted molar refractivity (Wildman–Crippen MR) is 80.8 cm³/mol. The number of H-pyrrole nitrogens is 1. The van der Waals surface area contributed by atoms with Crippen LogP contribution in [0.2, 0.25) is 10.0 Å². The molecule has 1 amide bonds. The Morgan fingerprint density at radius 1 is 1.29 bits per heavy atom. The maximum atomic E-state index is 12.2. The highest BCUT2D eigenvalue weighted by Gasteiger charge is 2.31. The van der Waals surface area contributed by atoms with Crippen molar-refractivity contribution in [2.45, 2.75) is 12.3 Å². The predicted octanol–water partition coefficient (Wildman–Crippen LogP) is 2.13. The zero-order valence-corrected chi connectivity index (χ0v) is 12.1. The number of aromatic amines is 1. The number of aromatic nitrogens is 2. The van der Waals surface area contributed by atoms with Crippen molar-refractivity contribution >= 4 is 40.9 Å². The third-order valence-corrected chi connectivity index (χ3v) is 3.87. The van der Waals surface area contributed by atoms with Crippen molar-refractivity contribution in [3.8, 4) is 0 Å². The van der Waals surface area contributed by atoms with Crippen LogP contribution in [-0.4, -0.2) is 15.9 Å². The van der Waals surface area contributed by atoms with Gasteiger partial charge in [-0.1, -0.05) is 29.3 Å². The summed E-state index contributed by atoms with van der Waals surface area (Å²) in [5.41, 5.74) is 6.09. The molecule has 1 aromatic carbocycles. The molecule has 0 aliphatic carbocycles. The van der Waals surface area contributed by atoms with E-state index >= 15 is 0 Å². The monoisotopic (exact) mass is 324 g/mol. The third-order valence-electron chi connectivity index (χ3n) is 3.31. The van der Waals surface area contributed by atoms with E-state index in [9.17, 15) is 9.59 Å². The molecule has 1 aliphatic heterocycles. The van der Waals surface area contributed by atoms with Crippen molar-refractivity contribution < 1.29 is 4.79 Å². The van der Waals surface area contributed by atoms with E-state index in [4.69, 9.17) is 28.9 Å². The van der Waals surface area contributed by atoms with Gasteiger partial charge in [0.15, 0.2) is 0 Å². The van der Waals surface area contributed by atoms with Gasteiger partial charge in [0.2, 0.25) is 11.9 Å². The number of carbonyl (C=O) groups excluding carboxylic acids is 1. The van der Waals surface area contributed by atoms with Crippen LogP contribution in [0.1, 0.15) is 23.5 Å². The van der Waals surface area contributed by atoms with E-state index in [1.54, 1.807) is 18.2 Å². The van der Waals surface area contributed by atoms with Crippen LogP contribution < -0.4 is 16.6 Å². The number of nitrogen functional groups attached to an aromatic ring is 1. The van der Waals surface area contributed by atoms with Gasteiger partial charge in [0, 0.05) is 22.4 Å². The number of anilines is 2. The van der Waals surface area contributed by atoms with E-state index in [1.165, 1.54) is 0 Å². The van der Waals surface area contributed by atoms with E-state index in [0.29, 0.717) is 21.2 Å². The Kier molecular flexibility index (Phi) is 3.35. The molecule has 108 valence electrons. The first kappa shape index (κ1) is 13.9. The highest BCUT2D eigenvalue weighted by Crippen LogP contribution is 2.37. The van der Waals surface area contributed by atoms with E-state index in [0.717, 1.165) is 0 Å². The molecule has 4 N–H and O–H groups in total. The van der Waals surface area contributed by atoms with Crippen LogP contribution in [0.15, 0.2) is 23.0 Å². The van der Waals surface area contributed by atoms with Crippen molar-refractivity contribution in [2.75, 3.05) is 11.1 Å². The number of hydrogen-bond acceptors (Lipinski definition) is 4. The van der Waals surface area contributed by atoms with Gasteiger partial charge in [-0.05, 0) is 17.7 Å². The van der Waals surface area contributed by atoms with Gasteiger partial charge < -0.3 is 11.1 Å². The van der Waals surface area contributed by atoms with E-state index in [-0.39, 0.29) is 24.1 Å². The first-order chi connectivity index (χ1) is 9.95. The molecule has 1 aromatic heterocycles. The SMILES string of the molecule is Nc1nc2c(c(=O)[nH]1)[C@@H](c1ccc(Cl)cc1Cl)CC(=O)N2. The van der Waals surface area contributed by atoms with Gasteiger partial charge in [-0.2, -0.15) is 4.98 Å². The Morgan fingerprint density at radius 2 is 2.05 bits per heavy atom. The number of hydrogen-bond donors (Lipinski definition) is 3. The Hall–Kier alpha value is -2.05. The number of nitrogens with zero attached hydrogens (tertiary/aromatic N) is 1. The number of nitrogens with one attached hydrogen (secondary N) is 2. The van der Waals surface area contributed by atoms with Crippen molar-refractivity contribution in [2.24, 2.45) is 0 Å². The normalized spacial score (nSPS) is 17.2. The van der Waals surface area contributed by atoms with Gasteiger partial charge >= 0.3 is 0 Å². The van der Waals surface area contributed by atoms with Crippen LogP contribution in [0.25, 0.3) is 0 Å². The Bertz CT molecular complexity index is 803. The summed E-state index contributed by atoms with van der Waals surface area (Å²) >= 11 is 12.1. The van der Waals surface area contributed by atoms with E-state index < -0.39 is 11.5 Å². The molecule has 1 aliphatic rings. The zero-order valence-electron chi connectivity index (χ0n) is 10.6. The molecular formula is C13H10Cl2N4O2. The molecule has 0 unspecified atom stereocenters. The number of rotatable bonds is 1. The van der Waals surface area contributed by atoms with Crippen molar-refractivity contribution in [3.63, 3.8) is 0 Å². The largest absolute Gasteiger partial charge is 0.369 e. The minimum absolute atomic E-state index is 0.0538. The third kappa shape index (κ3) is 2.48. The van der Waals surface area contributed by atoms with Gasteiger partial charge in [-0.25, -0.2) is 0 Å². The standard InChI is InChI=1S/C13H10Cl2N4O2/c14-5-1-2-6(8(15)3-5)7-4-9(20)17-11-10(7)12(21)19-13(16)18-11/h1-3,7H,4H2,(H4,16,17,18,19,20,21)/t7-/m1/s1. The Balaban J connectivity index is 2.22. The summed E-state index contributed by atoms with van der Waals surface area (Å²) in [4.78, 5) is 30.4. The summed E-state index contributed by atoms with van der Waals surface area (Å²) in [6.45, 7) is 0. The number of benzene rings is 1. The number of fused-ring (bicyclic) bond motifs is 1. The summed E-state index contributed by atoms with van der Waals surface area (Å²) in [7, 11) is 0. The number of carbonyl (C=O) groups is 1. The van der Waals surface area contributed by atoms with Crippen LogP contribution >= 0.6 is 23.2 Å². The molecule has 1 atom stereocenters. The molecule has 2 heterocycles. The molecule has 21 heavy (non-hydrogen) atoms. The summed E-state index contributed by atoms with van der Waals surface area (Å²) in [6, 6.07) is 4.94. The lowest BCUT2D eigenvalue weighted by Crippen LogP contribution is -2.31. The van der Waals surface area contributed by atoms with Crippen LogP contribution in [0, 0.1) is 0 Å². The molecule has 0 saturated heterocycles. The van der Waals surface area contributed by atoms with Crippen molar-refractivity contribution in [3.05, 3.63) is 49.7 Å². The Morgan fingerprint density at radius 3 is 2.76 bits per heavy atom. The minimum Gasteiger partial charge on any atom is -0.369 e. The second kappa shape index (κ2) is 5.05.